The van der Waals surface area contributed by atoms with Crippen molar-refractivity contribution in [1.29, 1.82) is 0 Å². The van der Waals surface area contributed by atoms with Gasteiger partial charge in [-0.15, -0.1) is 0 Å². The number of thiocarbonyl (C=S) groups is 2. The predicted molar refractivity (Wildman–Crippen MR) is 122 cm³/mol. The molecule has 3 heterocycles. The zero-order chi connectivity index (χ0) is 22.1. The minimum absolute atomic E-state index is 0.0798. The van der Waals surface area contributed by atoms with E-state index in [1.54, 1.807) is 4.90 Å². The Bertz CT molecular complexity index is 709. The Kier molecular flexibility index (Phi) is 7.22. The molecule has 3 rings (SSSR count). The number of hydrogen-bond donors (Lipinski definition) is 0. The van der Waals surface area contributed by atoms with Gasteiger partial charge in [-0.05, 0) is 40.0 Å². The number of carbonyl (C=O) groups excluding carboxylic acids is 2. The van der Waals surface area contributed by atoms with Gasteiger partial charge in [0, 0.05) is 51.1 Å². The maximum Gasteiger partial charge on any atom is 0.410 e. The summed E-state index contributed by atoms with van der Waals surface area (Å²) in [5.74, 6) is 0.238. The van der Waals surface area contributed by atoms with Crippen molar-refractivity contribution in [1.82, 2.24) is 14.7 Å². The lowest BCUT2D eigenvalue weighted by Crippen LogP contribution is -2.39. The Balaban J connectivity index is 1.48. The highest BCUT2D eigenvalue weighted by molar-refractivity contribution is 7.80. The summed E-state index contributed by atoms with van der Waals surface area (Å²) in [6.45, 7) is 10.1. The van der Waals surface area contributed by atoms with Gasteiger partial charge in [0.15, 0.2) is 0 Å². The van der Waals surface area contributed by atoms with E-state index >= 15 is 0 Å². The highest BCUT2D eigenvalue weighted by Gasteiger charge is 2.38. The minimum atomic E-state index is -0.490. The number of likely N-dealkylation sites (tertiary alicyclic amines) is 3. The largest absolute Gasteiger partial charge is 0.469 e. The zero-order valence-corrected chi connectivity index (χ0v) is 20.0. The van der Waals surface area contributed by atoms with Gasteiger partial charge in [-0.3, -0.25) is 4.79 Å². The fourth-order valence-electron chi connectivity index (χ4n) is 4.45. The first kappa shape index (κ1) is 23.2. The molecule has 7 nitrogen and oxygen atoms in total. The number of methoxy groups -OCH3 is 1. The molecule has 3 fully saturated rings. The van der Waals surface area contributed by atoms with Crippen molar-refractivity contribution in [3.63, 3.8) is 0 Å². The molecule has 0 aromatic rings. The van der Waals surface area contributed by atoms with Crippen LogP contribution in [0, 0.1) is 17.8 Å². The van der Waals surface area contributed by atoms with Crippen molar-refractivity contribution >= 4 is 46.5 Å². The fraction of sp³-hybridized carbons (Fsp3) is 0.810. The molecule has 168 valence electrons. The quantitative estimate of drug-likeness (QED) is 0.476. The summed E-state index contributed by atoms with van der Waals surface area (Å²) in [6.07, 6.45) is 2.38. The topological polar surface area (TPSA) is 62.3 Å². The Morgan fingerprint density at radius 1 is 0.800 bits per heavy atom. The van der Waals surface area contributed by atoms with Crippen molar-refractivity contribution in [2.45, 2.75) is 45.6 Å². The van der Waals surface area contributed by atoms with Gasteiger partial charge in [-0.25, -0.2) is 4.79 Å². The van der Waals surface area contributed by atoms with E-state index in [9.17, 15) is 9.59 Å². The summed E-state index contributed by atoms with van der Waals surface area (Å²) in [6, 6.07) is 0. The predicted octanol–water partition coefficient (Wildman–Crippen LogP) is 2.72. The van der Waals surface area contributed by atoms with Crippen molar-refractivity contribution in [3.05, 3.63) is 0 Å². The monoisotopic (exact) mass is 455 g/mol. The molecular formula is C21H33N3O4S2. The molecule has 0 aromatic heterocycles. The lowest BCUT2D eigenvalue weighted by Gasteiger charge is -2.27. The molecule has 0 aromatic carbocycles. The van der Waals surface area contributed by atoms with Crippen LogP contribution in [0.15, 0.2) is 0 Å². The highest BCUT2D eigenvalue weighted by atomic mass is 32.1. The molecular weight excluding hydrogens is 422 g/mol. The number of amides is 1. The lowest BCUT2D eigenvalue weighted by atomic mass is 10.1. The molecule has 0 saturated carbocycles. The van der Waals surface area contributed by atoms with Gasteiger partial charge in [0.2, 0.25) is 0 Å². The summed E-state index contributed by atoms with van der Waals surface area (Å²) < 4.78 is 10.4. The molecule has 0 unspecified atom stereocenters. The van der Waals surface area contributed by atoms with Gasteiger partial charge < -0.3 is 24.2 Å². The van der Waals surface area contributed by atoms with Crippen LogP contribution in [0.5, 0.6) is 0 Å². The molecule has 0 bridgehead atoms. The average Bonchev–Trinajstić information content (AvgIpc) is 3.45. The number of hydrogen-bond acceptors (Lipinski definition) is 6. The van der Waals surface area contributed by atoms with Gasteiger partial charge in [-0.1, -0.05) is 24.4 Å². The molecule has 1 amide bonds. The first-order valence-corrected chi connectivity index (χ1v) is 11.5. The Labute approximate surface area is 190 Å². The second kappa shape index (κ2) is 9.34. The van der Waals surface area contributed by atoms with E-state index in [2.05, 4.69) is 9.80 Å². The smallest absolute Gasteiger partial charge is 0.410 e. The third-order valence-electron chi connectivity index (χ3n) is 6.07. The van der Waals surface area contributed by atoms with Crippen LogP contribution >= 0.6 is 24.4 Å². The lowest BCUT2D eigenvalue weighted by molar-refractivity contribution is -0.144. The SMILES string of the molecule is COC(=O)[C@H]1CCN(C(=S)[C@H]2CCN(C(=S)[C@H]3CCN(C(=O)OC(C)(C)C)C3)C2)C1. The summed E-state index contributed by atoms with van der Waals surface area (Å²) in [7, 11) is 1.44. The molecule has 3 atom stereocenters. The van der Waals surface area contributed by atoms with Crippen LogP contribution in [0.1, 0.15) is 40.0 Å². The Morgan fingerprint density at radius 3 is 1.73 bits per heavy atom. The van der Waals surface area contributed by atoms with Crippen LogP contribution in [0.3, 0.4) is 0 Å². The third kappa shape index (κ3) is 5.41. The standard InChI is InChI=1S/C21H33N3O4S2/c1-21(2,3)28-20(26)24-10-6-15(12-24)18(30)22-8-5-14(11-22)17(29)23-9-7-16(13-23)19(25)27-4/h14-16H,5-13H2,1-4H3/t14-,15-,16-/m0/s1. The summed E-state index contributed by atoms with van der Waals surface area (Å²) in [4.78, 5) is 32.2. The van der Waals surface area contributed by atoms with Crippen LogP contribution in [0.25, 0.3) is 0 Å². The molecule has 3 saturated heterocycles. The first-order chi connectivity index (χ1) is 14.1. The number of ether oxygens (including phenoxy) is 2. The minimum Gasteiger partial charge on any atom is -0.469 e. The molecule has 0 spiro atoms. The summed E-state index contributed by atoms with van der Waals surface area (Å²) in [5, 5.41) is 0. The van der Waals surface area contributed by atoms with Crippen LogP contribution in [0.2, 0.25) is 0 Å². The number of nitrogens with zero attached hydrogens (tertiary/aromatic N) is 3. The number of esters is 1. The second-order valence-electron chi connectivity index (χ2n) is 9.47. The van der Waals surface area contributed by atoms with E-state index in [0.29, 0.717) is 19.6 Å². The van der Waals surface area contributed by atoms with E-state index in [4.69, 9.17) is 33.9 Å². The van der Waals surface area contributed by atoms with Crippen LogP contribution in [-0.4, -0.2) is 88.7 Å². The Hall–Kier alpha value is -1.48. The van der Waals surface area contributed by atoms with E-state index < -0.39 is 5.60 Å². The third-order valence-corrected chi connectivity index (χ3v) is 7.26. The molecule has 0 radical (unpaired) electrons. The van der Waals surface area contributed by atoms with E-state index in [0.717, 1.165) is 48.9 Å². The highest BCUT2D eigenvalue weighted by Crippen LogP contribution is 2.29. The fourth-order valence-corrected chi connectivity index (χ4v) is 5.17. The van der Waals surface area contributed by atoms with Crippen LogP contribution in [0.4, 0.5) is 4.79 Å². The molecule has 0 aliphatic carbocycles. The molecule has 0 N–H and O–H groups in total. The maximum absolute atomic E-state index is 12.3. The van der Waals surface area contributed by atoms with Crippen LogP contribution < -0.4 is 0 Å². The first-order valence-electron chi connectivity index (χ1n) is 10.7. The zero-order valence-electron chi connectivity index (χ0n) is 18.4. The summed E-state index contributed by atoms with van der Waals surface area (Å²) >= 11 is 11.6. The second-order valence-corrected chi connectivity index (χ2v) is 10.3. The normalized spacial score (nSPS) is 26.8. The molecule has 3 aliphatic heterocycles. The van der Waals surface area contributed by atoms with Gasteiger partial charge in [-0.2, -0.15) is 0 Å². The van der Waals surface area contributed by atoms with Gasteiger partial charge in [0.05, 0.1) is 23.0 Å². The molecule has 9 heteroatoms. The molecule has 30 heavy (non-hydrogen) atoms. The van der Waals surface area contributed by atoms with Crippen LogP contribution in [-0.2, 0) is 14.3 Å². The summed E-state index contributed by atoms with van der Waals surface area (Å²) in [5.41, 5.74) is -0.490. The van der Waals surface area contributed by atoms with Crippen molar-refractivity contribution in [2.75, 3.05) is 46.4 Å². The molecule has 3 aliphatic rings. The van der Waals surface area contributed by atoms with Crippen molar-refractivity contribution in [3.8, 4) is 0 Å². The van der Waals surface area contributed by atoms with E-state index in [1.807, 2.05) is 20.8 Å². The van der Waals surface area contributed by atoms with Gasteiger partial charge in [0.1, 0.15) is 5.60 Å². The van der Waals surface area contributed by atoms with Crippen molar-refractivity contribution in [2.24, 2.45) is 17.8 Å². The maximum atomic E-state index is 12.3. The average molecular weight is 456 g/mol. The van der Waals surface area contributed by atoms with Gasteiger partial charge >= 0.3 is 12.1 Å². The van der Waals surface area contributed by atoms with E-state index in [-0.39, 0.29) is 29.8 Å². The van der Waals surface area contributed by atoms with Gasteiger partial charge in [0.25, 0.3) is 0 Å². The van der Waals surface area contributed by atoms with Crippen molar-refractivity contribution < 1.29 is 19.1 Å². The Morgan fingerprint density at radius 2 is 1.23 bits per heavy atom. The number of carbonyl (C=O) groups is 2. The number of rotatable bonds is 3. The van der Waals surface area contributed by atoms with E-state index in [1.165, 1.54) is 7.11 Å².